The molecule has 2 heteroatoms. The normalized spacial score (nSPS) is 16.1. The molecule has 1 aliphatic rings. The monoisotopic (exact) mass is 328 g/mol. The van der Waals surface area contributed by atoms with Gasteiger partial charge in [0.05, 0.1) is 7.11 Å². The van der Waals surface area contributed by atoms with Gasteiger partial charge in [0, 0.05) is 5.88 Å². The van der Waals surface area contributed by atoms with Crippen LogP contribution in [0, 0.1) is 0 Å². The highest BCUT2D eigenvalue weighted by atomic mass is 35.5. The van der Waals surface area contributed by atoms with Gasteiger partial charge < -0.3 is 4.74 Å². The van der Waals surface area contributed by atoms with Crippen molar-refractivity contribution in [1.29, 1.82) is 0 Å². The first-order chi connectivity index (χ1) is 11.3. The molecule has 0 unspecified atom stereocenters. The van der Waals surface area contributed by atoms with Crippen LogP contribution in [0.5, 0.6) is 5.75 Å². The maximum absolute atomic E-state index is 6.10. The summed E-state index contributed by atoms with van der Waals surface area (Å²) in [6.07, 6.45) is 8.02. The molecule has 0 bridgehead atoms. The molecule has 2 aromatic carbocycles. The first-order valence-electron chi connectivity index (χ1n) is 8.65. The van der Waals surface area contributed by atoms with E-state index in [0.29, 0.717) is 11.8 Å². The Morgan fingerprint density at radius 3 is 2.48 bits per heavy atom. The number of hydrogen-bond donors (Lipinski definition) is 0. The summed E-state index contributed by atoms with van der Waals surface area (Å²) in [5.74, 6) is 2.15. The van der Waals surface area contributed by atoms with Crippen LogP contribution in [0.25, 0.3) is 11.1 Å². The molecular weight excluding hydrogens is 304 g/mol. The number of hydrogen-bond acceptors (Lipinski definition) is 1. The summed E-state index contributed by atoms with van der Waals surface area (Å²) in [5.41, 5.74) is 5.27. The van der Waals surface area contributed by atoms with Crippen LogP contribution >= 0.6 is 11.6 Å². The van der Waals surface area contributed by atoms with Gasteiger partial charge in [-0.1, -0.05) is 56.0 Å². The summed E-state index contributed by atoms with van der Waals surface area (Å²) in [5, 5.41) is 0. The predicted molar refractivity (Wildman–Crippen MR) is 98.4 cm³/mol. The highest BCUT2D eigenvalue weighted by molar-refractivity contribution is 6.17. The molecule has 0 amide bonds. The molecule has 0 aromatic heterocycles. The van der Waals surface area contributed by atoms with E-state index in [1.807, 2.05) is 6.07 Å². The summed E-state index contributed by atoms with van der Waals surface area (Å²) in [6, 6.07) is 15.1. The minimum atomic E-state index is 0.581. The van der Waals surface area contributed by atoms with Gasteiger partial charge in [0.15, 0.2) is 0 Å². The lowest BCUT2D eigenvalue weighted by atomic mass is 9.85. The zero-order chi connectivity index (χ0) is 16.1. The summed E-state index contributed by atoms with van der Waals surface area (Å²) < 4.78 is 5.41. The van der Waals surface area contributed by atoms with Gasteiger partial charge >= 0.3 is 0 Å². The van der Waals surface area contributed by atoms with Crippen LogP contribution in [-0.2, 0) is 5.88 Å². The first kappa shape index (κ1) is 16.4. The van der Waals surface area contributed by atoms with Gasteiger partial charge in [-0.15, -0.1) is 11.6 Å². The Kier molecular flexibility index (Phi) is 5.61. The van der Waals surface area contributed by atoms with Crippen LogP contribution in [-0.4, -0.2) is 7.11 Å². The number of alkyl halides is 1. The third-order valence-corrected chi connectivity index (χ3v) is 5.25. The number of ether oxygens (including phenoxy) is 1. The van der Waals surface area contributed by atoms with Gasteiger partial charge in [-0.3, -0.25) is 0 Å². The van der Waals surface area contributed by atoms with E-state index in [0.717, 1.165) is 5.75 Å². The second-order valence-electron chi connectivity index (χ2n) is 6.48. The molecule has 0 heterocycles. The average molecular weight is 329 g/mol. The fourth-order valence-electron chi connectivity index (χ4n) is 3.68. The van der Waals surface area contributed by atoms with Crippen LogP contribution in [0.1, 0.15) is 55.6 Å². The maximum Gasteiger partial charge on any atom is 0.119 e. The van der Waals surface area contributed by atoms with Crippen LogP contribution in [0.2, 0.25) is 0 Å². The van der Waals surface area contributed by atoms with Gasteiger partial charge in [-0.2, -0.15) is 0 Å². The van der Waals surface area contributed by atoms with E-state index in [4.69, 9.17) is 16.3 Å². The van der Waals surface area contributed by atoms with E-state index in [1.54, 1.807) is 7.11 Å². The van der Waals surface area contributed by atoms with E-state index in [1.165, 1.54) is 60.8 Å². The largest absolute Gasteiger partial charge is 0.497 e. The third kappa shape index (κ3) is 3.90. The minimum Gasteiger partial charge on any atom is -0.497 e. The van der Waals surface area contributed by atoms with Gasteiger partial charge in [0.25, 0.3) is 0 Å². The summed E-state index contributed by atoms with van der Waals surface area (Å²) in [7, 11) is 1.72. The van der Waals surface area contributed by atoms with Crippen molar-refractivity contribution in [3.63, 3.8) is 0 Å². The fraction of sp³-hybridized carbons (Fsp3) is 0.429. The second kappa shape index (κ2) is 7.88. The lowest BCUT2D eigenvalue weighted by Crippen LogP contribution is -2.01. The van der Waals surface area contributed by atoms with Crippen molar-refractivity contribution < 1.29 is 4.74 Å². The van der Waals surface area contributed by atoms with E-state index in [9.17, 15) is 0 Å². The lowest BCUT2D eigenvalue weighted by molar-refractivity contribution is 0.415. The van der Waals surface area contributed by atoms with Crippen LogP contribution in [0.3, 0.4) is 0 Å². The van der Waals surface area contributed by atoms with E-state index >= 15 is 0 Å². The molecule has 0 radical (unpaired) electrons. The number of benzene rings is 2. The molecule has 3 rings (SSSR count). The van der Waals surface area contributed by atoms with Crippen molar-refractivity contribution in [3.05, 3.63) is 53.6 Å². The molecule has 0 spiro atoms. The highest BCUT2D eigenvalue weighted by Crippen LogP contribution is 2.38. The molecule has 0 saturated heterocycles. The Morgan fingerprint density at radius 1 is 1.00 bits per heavy atom. The Bertz CT molecular complexity index is 642. The molecule has 1 fully saturated rings. The molecule has 2 aromatic rings. The summed E-state index contributed by atoms with van der Waals surface area (Å²) in [6.45, 7) is 0. The average Bonchev–Trinajstić information content (AvgIpc) is 2.90. The van der Waals surface area contributed by atoms with Crippen LogP contribution in [0.15, 0.2) is 42.5 Å². The first-order valence-corrected chi connectivity index (χ1v) is 9.18. The van der Waals surface area contributed by atoms with Gasteiger partial charge in [0.2, 0.25) is 0 Å². The fourth-order valence-corrected chi connectivity index (χ4v) is 3.84. The van der Waals surface area contributed by atoms with Crippen molar-refractivity contribution in [2.45, 2.75) is 50.3 Å². The number of rotatable bonds is 4. The molecule has 1 nitrogen and oxygen atoms in total. The van der Waals surface area contributed by atoms with Crippen molar-refractivity contribution >= 4 is 11.6 Å². The standard InChI is InChI=1S/C21H25ClO/c1-23-19-10-6-9-18(14-19)20-12-11-16(15-22)13-21(20)17-7-4-2-3-5-8-17/h6,9-14,17H,2-5,7-8,15H2,1H3. The molecule has 0 aliphatic heterocycles. The van der Waals surface area contributed by atoms with E-state index in [-0.39, 0.29) is 0 Å². The summed E-state index contributed by atoms with van der Waals surface area (Å²) >= 11 is 6.10. The zero-order valence-corrected chi connectivity index (χ0v) is 14.6. The Hall–Kier alpha value is -1.47. The minimum absolute atomic E-state index is 0.581. The molecular formula is C21H25ClO. The molecule has 1 aliphatic carbocycles. The smallest absolute Gasteiger partial charge is 0.119 e. The molecule has 0 atom stereocenters. The van der Waals surface area contributed by atoms with E-state index in [2.05, 4.69) is 36.4 Å². The van der Waals surface area contributed by atoms with Crippen molar-refractivity contribution in [3.8, 4) is 16.9 Å². The Balaban J connectivity index is 2.04. The molecule has 122 valence electrons. The second-order valence-corrected chi connectivity index (χ2v) is 6.74. The van der Waals surface area contributed by atoms with Crippen molar-refractivity contribution in [2.24, 2.45) is 0 Å². The van der Waals surface area contributed by atoms with Crippen LogP contribution < -0.4 is 4.74 Å². The van der Waals surface area contributed by atoms with Gasteiger partial charge in [0.1, 0.15) is 5.75 Å². The van der Waals surface area contributed by atoms with E-state index < -0.39 is 0 Å². The Morgan fingerprint density at radius 2 is 1.78 bits per heavy atom. The Labute approximate surface area is 144 Å². The highest BCUT2D eigenvalue weighted by Gasteiger charge is 2.19. The van der Waals surface area contributed by atoms with Crippen molar-refractivity contribution in [2.75, 3.05) is 7.11 Å². The number of halogens is 1. The predicted octanol–water partition coefficient (Wildman–Crippen LogP) is 6.54. The van der Waals surface area contributed by atoms with Gasteiger partial charge in [-0.25, -0.2) is 0 Å². The van der Waals surface area contributed by atoms with Crippen molar-refractivity contribution in [1.82, 2.24) is 0 Å². The molecule has 23 heavy (non-hydrogen) atoms. The summed E-state index contributed by atoms with van der Waals surface area (Å²) in [4.78, 5) is 0. The zero-order valence-electron chi connectivity index (χ0n) is 13.9. The third-order valence-electron chi connectivity index (χ3n) is 4.95. The van der Waals surface area contributed by atoms with Gasteiger partial charge in [-0.05, 0) is 53.1 Å². The number of methoxy groups -OCH3 is 1. The maximum atomic E-state index is 6.10. The SMILES string of the molecule is COc1cccc(-c2ccc(CCl)cc2C2CCCCCC2)c1. The van der Waals surface area contributed by atoms with Crippen LogP contribution in [0.4, 0.5) is 0 Å². The molecule has 1 saturated carbocycles. The lowest BCUT2D eigenvalue weighted by Gasteiger charge is -2.20. The molecule has 0 N–H and O–H groups in total. The quantitative estimate of drug-likeness (QED) is 0.457. The topological polar surface area (TPSA) is 9.23 Å².